The fraction of sp³-hybridized carbons (Fsp3) is 0.273. The Kier molecular flexibility index (Phi) is 5.03. The number of pyridine rings is 1. The molecule has 0 saturated carbocycles. The number of hydrogen-bond donors (Lipinski definition) is 2. The highest BCUT2D eigenvalue weighted by atomic mass is 35.5. The van der Waals surface area contributed by atoms with Gasteiger partial charge in [0.15, 0.2) is 22.7 Å². The lowest BCUT2D eigenvalue weighted by Crippen LogP contribution is -2.41. The van der Waals surface area contributed by atoms with Gasteiger partial charge in [0.25, 0.3) is 0 Å². The molecule has 0 fully saturated rings. The average Bonchev–Trinajstić information content (AvgIpc) is 3.24. The molecule has 0 bridgehead atoms. The maximum absolute atomic E-state index is 14.3. The van der Waals surface area contributed by atoms with Crippen molar-refractivity contribution in [1.82, 2.24) is 15.2 Å². The summed E-state index contributed by atoms with van der Waals surface area (Å²) >= 11 is 5.84. The van der Waals surface area contributed by atoms with Gasteiger partial charge in [-0.3, -0.25) is 14.5 Å². The standard InChI is InChI=1S/C22H19ClFN3O4/c23-15-3-2-13-21(20(15)24)26-16-5-6-27(9-14(16)22(13)29)10-19(28)25-8-12-1-4-17-18(7-12)31-11-30-17/h1-4,7H,5-6,8-11H2,(H,25,28)(H,26,29). The van der Waals surface area contributed by atoms with Crippen LogP contribution >= 0.6 is 11.6 Å². The molecular weight excluding hydrogens is 425 g/mol. The van der Waals surface area contributed by atoms with Gasteiger partial charge in [-0.25, -0.2) is 4.39 Å². The summed E-state index contributed by atoms with van der Waals surface area (Å²) in [7, 11) is 0. The fourth-order valence-corrected chi connectivity index (χ4v) is 4.14. The van der Waals surface area contributed by atoms with Crippen LogP contribution in [-0.4, -0.2) is 35.7 Å². The van der Waals surface area contributed by atoms with Crippen molar-refractivity contribution in [2.75, 3.05) is 19.9 Å². The summed E-state index contributed by atoms with van der Waals surface area (Å²) in [5, 5.41) is 3.12. The van der Waals surface area contributed by atoms with Crippen LogP contribution in [-0.2, 0) is 24.3 Å². The van der Waals surface area contributed by atoms with Gasteiger partial charge in [-0.15, -0.1) is 0 Å². The van der Waals surface area contributed by atoms with Crippen LogP contribution < -0.4 is 20.2 Å². The van der Waals surface area contributed by atoms with E-state index < -0.39 is 5.82 Å². The number of rotatable bonds is 4. The molecule has 160 valence electrons. The third-order valence-electron chi connectivity index (χ3n) is 5.61. The summed E-state index contributed by atoms with van der Waals surface area (Å²) in [5.41, 5.74) is 2.06. The molecule has 3 heterocycles. The zero-order valence-corrected chi connectivity index (χ0v) is 17.2. The van der Waals surface area contributed by atoms with Crippen molar-refractivity contribution >= 4 is 28.4 Å². The zero-order chi connectivity index (χ0) is 21.5. The number of nitrogens with zero attached hydrogens (tertiary/aromatic N) is 1. The highest BCUT2D eigenvalue weighted by Gasteiger charge is 2.24. The SMILES string of the molecule is O=C(CN1CCc2[nH]c3c(F)c(Cl)ccc3c(=O)c2C1)NCc1ccc2c(c1)OCO2. The van der Waals surface area contributed by atoms with E-state index in [-0.39, 0.29) is 40.6 Å². The maximum Gasteiger partial charge on any atom is 0.234 e. The Morgan fingerprint density at radius 2 is 2.06 bits per heavy atom. The Morgan fingerprint density at radius 3 is 2.94 bits per heavy atom. The van der Waals surface area contributed by atoms with Crippen molar-refractivity contribution in [3.63, 3.8) is 0 Å². The van der Waals surface area contributed by atoms with E-state index >= 15 is 0 Å². The van der Waals surface area contributed by atoms with Crippen molar-refractivity contribution in [1.29, 1.82) is 0 Å². The second-order valence-electron chi connectivity index (χ2n) is 7.62. The predicted molar refractivity (Wildman–Crippen MR) is 113 cm³/mol. The van der Waals surface area contributed by atoms with Gasteiger partial charge in [-0.1, -0.05) is 17.7 Å². The highest BCUT2D eigenvalue weighted by Crippen LogP contribution is 2.32. The molecule has 5 rings (SSSR count). The minimum atomic E-state index is -0.621. The molecule has 0 atom stereocenters. The summed E-state index contributed by atoms with van der Waals surface area (Å²) in [6.45, 7) is 1.63. The monoisotopic (exact) mass is 443 g/mol. The van der Waals surface area contributed by atoms with Gasteiger partial charge < -0.3 is 19.8 Å². The van der Waals surface area contributed by atoms with Crippen LogP contribution in [0.4, 0.5) is 4.39 Å². The van der Waals surface area contributed by atoms with Gasteiger partial charge in [0, 0.05) is 42.7 Å². The third kappa shape index (κ3) is 3.73. The number of fused-ring (bicyclic) bond motifs is 3. The second kappa shape index (κ2) is 7.86. The molecule has 1 amide bonds. The number of benzene rings is 2. The first-order valence-corrected chi connectivity index (χ1v) is 10.3. The van der Waals surface area contributed by atoms with E-state index in [9.17, 15) is 14.0 Å². The molecule has 0 saturated heterocycles. The lowest BCUT2D eigenvalue weighted by Gasteiger charge is -2.28. The summed E-state index contributed by atoms with van der Waals surface area (Å²) in [5.74, 6) is 0.603. The van der Waals surface area contributed by atoms with Crippen LogP contribution in [0.25, 0.3) is 10.9 Å². The summed E-state index contributed by atoms with van der Waals surface area (Å²) in [6.07, 6.45) is 0.516. The molecule has 3 aromatic rings. The molecule has 2 aliphatic rings. The summed E-state index contributed by atoms with van der Waals surface area (Å²) < 4.78 is 24.9. The van der Waals surface area contributed by atoms with Gasteiger partial charge in [0.05, 0.1) is 17.1 Å². The van der Waals surface area contributed by atoms with Gasteiger partial charge in [-0.2, -0.15) is 0 Å². The summed E-state index contributed by atoms with van der Waals surface area (Å²) in [4.78, 5) is 30.3. The number of amides is 1. The average molecular weight is 444 g/mol. The summed E-state index contributed by atoms with van der Waals surface area (Å²) in [6, 6.07) is 8.44. The molecule has 2 aliphatic heterocycles. The van der Waals surface area contributed by atoms with Crippen LogP contribution in [0, 0.1) is 5.82 Å². The highest BCUT2D eigenvalue weighted by molar-refractivity contribution is 6.31. The van der Waals surface area contributed by atoms with Crippen LogP contribution in [0.1, 0.15) is 16.8 Å². The lowest BCUT2D eigenvalue weighted by molar-refractivity contribution is -0.122. The molecule has 0 spiro atoms. The number of H-pyrrole nitrogens is 1. The van der Waals surface area contributed by atoms with Crippen LogP contribution in [0.3, 0.4) is 0 Å². The number of ether oxygens (including phenoxy) is 2. The maximum atomic E-state index is 14.3. The molecule has 9 heteroatoms. The largest absolute Gasteiger partial charge is 0.454 e. The van der Waals surface area contributed by atoms with Crippen LogP contribution in [0.15, 0.2) is 35.1 Å². The molecule has 31 heavy (non-hydrogen) atoms. The minimum absolute atomic E-state index is 0.0281. The molecule has 0 radical (unpaired) electrons. The number of nitrogens with one attached hydrogen (secondary N) is 2. The smallest absolute Gasteiger partial charge is 0.234 e. The van der Waals surface area contributed by atoms with E-state index in [0.717, 1.165) is 5.56 Å². The number of carbonyl (C=O) groups is 1. The Morgan fingerprint density at radius 1 is 1.23 bits per heavy atom. The number of aromatic amines is 1. The van der Waals surface area contributed by atoms with Crippen LogP contribution in [0.2, 0.25) is 5.02 Å². The van der Waals surface area contributed by atoms with Crippen molar-refractivity contribution in [2.24, 2.45) is 0 Å². The van der Waals surface area contributed by atoms with E-state index in [1.54, 1.807) is 0 Å². The third-order valence-corrected chi connectivity index (χ3v) is 5.90. The molecule has 7 nitrogen and oxygen atoms in total. The molecule has 0 unspecified atom stereocenters. The number of aromatic nitrogens is 1. The zero-order valence-electron chi connectivity index (χ0n) is 16.5. The number of hydrogen-bond acceptors (Lipinski definition) is 5. The van der Waals surface area contributed by atoms with Crippen molar-refractivity contribution in [3.05, 3.63) is 68.2 Å². The van der Waals surface area contributed by atoms with Crippen molar-refractivity contribution < 1.29 is 18.7 Å². The van der Waals surface area contributed by atoms with E-state index in [2.05, 4.69) is 10.3 Å². The quantitative estimate of drug-likeness (QED) is 0.648. The topological polar surface area (TPSA) is 83.7 Å². The molecule has 2 N–H and O–H groups in total. The van der Waals surface area contributed by atoms with Gasteiger partial charge in [-0.05, 0) is 29.8 Å². The first-order chi connectivity index (χ1) is 15.0. The molecule has 0 aliphatic carbocycles. The molecule has 1 aromatic heterocycles. The Balaban J connectivity index is 1.26. The number of halogens is 2. The van der Waals surface area contributed by atoms with Gasteiger partial charge in [0.1, 0.15) is 0 Å². The van der Waals surface area contributed by atoms with Gasteiger partial charge in [0.2, 0.25) is 12.7 Å². The predicted octanol–water partition coefficient (Wildman–Crippen LogP) is 2.72. The normalized spacial score (nSPS) is 15.2. The van der Waals surface area contributed by atoms with E-state index in [1.807, 2.05) is 23.1 Å². The minimum Gasteiger partial charge on any atom is -0.454 e. The first-order valence-electron chi connectivity index (χ1n) is 9.89. The van der Waals surface area contributed by atoms with Crippen molar-refractivity contribution in [2.45, 2.75) is 19.5 Å². The van der Waals surface area contributed by atoms with E-state index in [4.69, 9.17) is 21.1 Å². The van der Waals surface area contributed by atoms with Gasteiger partial charge >= 0.3 is 0 Å². The van der Waals surface area contributed by atoms with Crippen molar-refractivity contribution in [3.8, 4) is 11.5 Å². The Labute approximate surface area is 181 Å². The van der Waals surface area contributed by atoms with E-state index in [0.29, 0.717) is 48.8 Å². The molecule has 2 aromatic carbocycles. The van der Waals surface area contributed by atoms with Crippen LogP contribution in [0.5, 0.6) is 11.5 Å². The number of carbonyl (C=O) groups excluding carboxylic acids is 1. The Hall–Kier alpha value is -3.10. The molecular formula is C22H19ClFN3O4. The van der Waals surface area contributed by atoms with E-state index in [1.165, 1.54) is 12.1 Å². The second-order valence-corrected chi connectivity index (χ2v) is 8.03. The Bertz CT molecular complexity index is 1260. The fourth-order valence-electron chi connectivity index (χ4n) is 3.99. The lowest BCUT2D eigenvalue weighted by atomic mass is 10.0. The first kappa shape index (κ1) is 19.8.